The lowest BCUT2D eigenvalue weighted by Gasteiger charge is -2.19. The molecule has 1 unspecified atom stereocenters. The average molecular weight is 214 g/mol. The van der Waals surface area contributed by atoms with Gasteiger partial charge >= 0.3 is 0 Å². The molecule has 1 rings (SSSR count). The van der Waals surface area contributed by atoms with E-state index in [1.54, 1.807) is 0 Å². The molecule has 1 saturated carbocycles. The molecule has 1 aliphatic rings. The van der Waals surface area contributed by atoms with Crippen LogP contribution >= 0.6 is 0 Å². The van der Waals surface area contributed by atoms with Crippen molar-refractivity contribution in [2.24, 2.45) is 23.7 Å². The lowest BCUT2D eigenvalue weighted by atomic mass is 9.91. The van der Waals surface area contributed by atoms with Gasteiger partial charge in [0.05, 0.1) is 0 Å². The van der Waals surface area contributed by atoms with Crippen LogP contribution in [0.1, 0.15) is 59.8 Å². The van der Waals surface area contributed by atoms with E-state index >= 15 is 0 Å². The van der Waals surface area contributed by atoms with Gasteiger partial charge < -0.3 is 0 Å². The first-order valence-corrected chi connectivity index (χ1v) is 6.68. The third-order valence-electron chi connectivity index (χ3n) is 4.24. The van der Waals surface area contributed by atoms with Gasteiger partial charge in [-0.15, -0.1) is 0 Å². The molecule has 0 saturated heterocycles. The van der Waals surface area contributed by atoms with Crippen LogP contribution in [0.5, 0.6) is 0 Å². The highest BCUT2D eigenvalue weighted by Crippen LogP contribution is 2.40. The highest BCUT2D eigenvalue weighted by Gasteiger charge is 2.33. The van der Waals surface area contributed by atoms with Crippen molar-refractivity contribution < 1.29 is 4.39 Å². The number of hydrogen-bond donors (Lipinski definition) is 0. The summed E-state index contributed by atoms with van der Waals surface area (Å²) < 4.78 is 14.0. The zero-order valence-electron chi connectivity index (χ0n) is 10.8. The van der Waals surface area contributed by atoms with Crippen molar-refractivity contribution in [3.8, 4) is 0 Å². The van der Waals surface area contributed by atoms with Crippen LogP contribution in [0.3, 0.4) is 0 Å². The Bertz CT molecular complexity index is 168. The summed E-state index contributed by atoms with van der Waals surface area (Å²) in [5, 5.41) is 0. The summed E-state index contributed by atoms with van der Waals surface area (Å²) in [5.41, 5.74) is 0. The van der Waals surface area contributed by atoms with E-state index < -0.39 is 6.17 Å². The van der Waals surface area contributed by atoms with Gasteiger partial charge in [0.2, 0.25) is 0 Å². The average Bonchev–Trinajstić information content (AvgIpc) is 2.47. The normalized spacial score (nSPS) is 35.4. The summed E-state index contributed by atoms with van der Waals surface area (Å²) in [4.78, 5) is 0. The monoisotopic (exact) mass is 214 g/mol. The highest BCUT2D eigenvalue weighted by molar-refractivity contribution is 4.83. The van der Waals surface area contributed by atoms with Crippen molar-refractivity contribution in [1.82, 2.24) is 0 Å². The van der Waals surface area contributed by atoms with E-state index in [1.807, 2.05) is 0 Å². The molecule has 0 aromatic carbocycles. The van der Waals surface area contributed by atoms with E-state index in [0.29, 0.717) is 11.8 Å². The summed E-state index contributed by atoms with van der Waals surface area (Å²) in [7, 11) is 0. The molecule has 0 aromatic heterocycles. The summed E-state index contributed by atoms with van der Waals surface area (Å²) in [6.07, 6.45) is 4.84. The predicted octanol–water partition coefficient (Wildman–Crippen LogP) is 4.83. The van der Waals surface area contributed by atoms with Crippen molar-refractivity contribution in [3.63, 3.8) is 0 Å². The maximum Gasteiger partial charge on any atom is 0.103 e. The number of alkyl halides is 1. The Morgan fingerprint density at radius 1 is 1.20 bits per heavy atom. The number of hydrogen-bond acceptors (Lipinski definition) is 0. The third kappa shape index (κ3) is 3.77. The molecule has 1 fully saturated rings. The van der Waals surface area contributed by atoms with E-state index in [-0.39, 0.29) is 0 Å². The Morgan fingerprint density at radius 2 is 1.73 bits per heavy atom. The van der Waals surface area contributed by atoms with Gasteiger partial charge in [0.25, 0.3) is 0 Å². The van der Waals surface area contributed by atoms with Gasteiger partial charge in [-0.1, -0.05) is 40.5 Å². The quantitative estimate of drug-likeness (QED) is 0.614. The first-order valence-electron chi connectivity index (χ1n) is 6.68. The SMILES string of the molecule is CCC[C@H](C)C[C@@H](F)C1C[C@@H](C)[C@@H](C)C1. The molecule has 0 radical (unpaired) electrons. The summed E-state index contributed by atoms with van der Waals surface area (Å²) >= 11 is 0. The minimum Gasteiger partial charge on any atom is -0.247 e. The van der Waals surface area contributed by atoms with Crippen molar-refractivity contribution in [1.29, 1.82) is 0 Å². The van der Waals surface area contributed by atoms with E-state index in [2.05, 4.69) is 27.7 Å². The zero-order chi connectivity index (χ0) is 11.4. The maximum atomic E-state index is 14.0. The van der Waals surface area contributed by atoms with E-state index in [1.165, 1.54) is 12.8 Å². The molecular weight excluding hydrogens is 187 g/mol. The predicted molar refractivity (Wildman–Crippen MR) is 64.6 cm³/mol. The topological polar surface area (TPSA) is 0 Å². The second-order valence-corrected chi connectivity index (χ2v) is 5.83. The molecule has 0 nitrogen and oxygen atoms in total. The lowest BCUT2D eigenvalue weighted by Crippen LogP contribution is -2.16. The van der Waals surface area contributed by atoms with Crippen LogP contribution < -0.4 is 0 Å². The summed E-state index contributed by atoms with van der Waals surface area (Å²) in [6.45, 7) is 8.92. The molecule has 90 valence electrons. The Kier molecular flexibility index (Phi) is 5.08. The Labute approximate surface area is 94.6 Å². The number of rotatable bonds is 5. The van der Waals surface area contributed by atoms with Crippen molar-refractivity contribution in [2.45, 2.75) is 66.0 Å². The van der Waals surface area contributed by atoms with E-state index in [0.717, 1.165) is 31.1 Å². The van der Waals surface area contributed by atoms with Crippen LogP contribution in [-0.2, 0) is 0 Å². The minimum absolute atomic E-state index is 0.356. The van der Waals surface area contributed by atoms with Gasteiger partial charge in [0.15, 0.2) is 0 Å². The van der Waals surface area contributed by atoms with Crippen LogP contribution in [0.15, 0.2) is 0 Å². The first kappa shape index (κ1) is 13.0. The van der Waals surface area contributed by atoms with Crippen LogP contribution in [0.4, 0.5) is 4.39 Å². The minimum atomic E-state index is -0.543. The van der Waals surface area contributed by atoms with E-state index in [4.69, 9.17) is 0 Å². The van der Waals surface area contributed by atoms with Crippen LogP contribution in [-0.4, -0.2) is 6.17 Å². The second kappa shape index (κ2) is 5.86. The molecule has 15 heavy (non-hydrogen) atoms. The molecule has 0 bridgehead atoms. The molecule has 0 heterocycles. The molecular formula is C14H27F. The van der Waals surface area contributed by atoms with Crippen LogP contribution in [0, 0.1) is 23.7 Å². The Morgan fingerprint density at radius 3 is 2.20 bits per heavy atom. The fraction of sp³-hybridized carbons (Fsp3) is 1.00. The van der Waals surface area contributed by atoms with Gasteiger partial charge in [-0.05, 0) is 42.9 Å². The van der Waals surface area contributed by atoms with Crippen LogP contribution in [0.25, 0.3) is 0 Å². The van der Waals surface area contributed by atoms with Crippen LogP contribution in [0.2, 0.25) is 0 Å². The summed E-state index contributed by atoms with van der Waals surface area (Å²) in [5.74, 6) is 2.38. The standard InChI is InChI=1S/C14H27F/c1-5-6-10(2)7-14(15)13-8-11(3)12(4)9-13/h10-14H,5-9H2,1-4H3/t10-,11-,12+,13?,14+/m0/s1. The molecule has 0 amide bonds. The van der Waals surface area contributed by atoms with Gasteiger partial charge in [0, 0.05) is 0 Å². The smallest absolute Gasteiger partial charge is 0.103 e. The Hall–Kier alpha value is -0.0700. The van der Waals surface area contributed by atoms with Gasteiger partial charge in [0.1, 0.15) is 6.17 Å². The van der Waals surface area contributed by atoms with Gasteiger partial charge in [-0.3, -0.25) is 0 Å². The molecule has 0 spiro atoms. The number of halogens is 1. The van der Waals surface area contributed by atoms with Gasteiger partial charge in [-0.2, -0.15) is 0 Å². The highest BCUT2D eigenvalue weighted by atomic mass is 19.1. The van der Waals surface area contributed by atoms with E-state index in [9.17, 15) is 4.39 Å². The fourth-order valence-corrected chi connectivity index (χ4v) is 3.00. The van der Waals surface area contributed by atoms with Gasteiger partial charge in [-0.25, -0.2) is 4.39 Å². The third-order valence-corrected chi connectivity index (χ3v) is 4.24. The molecule has 5 atom stereocenters. The zero-order valence-corrected chi connectivity index (χ0v) is 10.8. The molecule has 0 aromatic rings. The second-order valence-electron chi connectivity index (χ2n) is 5.83. The Balaban J connectivity index is 2.31. The van der Waals surface area contributed by atoms with Crippen molar-refractivity contribution >= 4 is 0 Å². The first-order chi connectivity index (χ1) is 7.04. The molecule has 1 heteroatoms. The molecule has 0 N–H and O–H groups in total. The molecule has 1 aliphatic carbocycles. The van der Waals surface area contributed by atoms with Crippen molar-refractivity contribution in [3.05, 3.63) is 0 Å². The fourth-order valence-electron chi connectivity index (χ4n) is 3.00. The largest absolute Gasteiger partial charge is 0.247 e. The van der Waals surface area contributed by atoms with Crippen molar-refractivity contribution in [2.75, 3.05) is 0 Å². The lowest BCUT2D eigenvalue weighted by molar-refractivity contribution is 0.184. The molecule has 0 aliphatic heterocycles. The summed E-state index contributed by atoms with van der Waals surface area (Å²) in [6, 6.07) is 0. The maximum absolute atomic E-state index is 14.0.